The van der Waals surface area contributed by atoms with Crippen molar-refractivity contribution in [3.8, 4) is 0 Å². The van der Waals surface area contributed by atoms with Crippen LogP contribution in [0.4, 0.5) is 4.79 Å². The molecule has 0 bridgehead atoms. The van der Waals surface area contributed by atoms with E-state index in [1.54, 1.807) is 0 Å². The first-order valence-corrected chi connectivity index (χ1v) is 6.28. The molecular formula is C12H20N2O3. The van der Waals surface area contributed by atoms with E-state index in [2.05, 4.69) is 19.2 Å². The lowest BCUT2D eigenvalue weighted by Crippen LogP contribution is -2.58. The van der Waals surface area contributed by atoms with Gasteiger partial charge in [0.2, 0.25) is 5.91 Å². The third-order valence-corrected chi connectivity index (χ3v) is 3.33. The Morgan fingerprint density at radius 3 is 2.82 bits per heavy atom. The molecule has 2 fully saturated rings. The molecule has 0 aromatic heterocycles. The Bertz CT molecular complexity index is 311. The van der Waals surface area contributed by atoms with Crippen molar-refractivity contribution in [3.05, 3.63) is 0 Å². The number of hydrogen-bond donors (Lipinski definition) is 1. The predicted molar refractivity (Wildman–Crippen MR) is 62.4 cm³/mol. The lowest BCUT2D eigenvalue weighted by molar-refractivity contribution is -0.136. The maximum absolute atomic E-state index is 12.3. The number of nitrogens with one attached hydrogen (secondary N) is 1. The van der Waals surface area contributed by atoms with Crippen LogP contribution in [0.25, 0.3) is 0 Å². The Morgan fingerprint density at radius 2 is 2.24 bits per heavy atom. The number of nitrogens with zero attached hydrogens (tertiary/aromatic N) is 1. The van der Waals surface area contributed by atoms with Crippen LogP contribution in [0.2, 0.25) is 0 Å². The molecule has 5 nitrogen and oxygen atoms in total. The summed E-state index contributed by atoms with van der Waals surface area (Å²) < 4.78 is 5.25. The predicted octanol–water partition coefficient (Wildman–Crippen LogP) is 0.989. The summed E-state index contributed by atoms with van der Waals surface area (Å²) in [6, 6.07) is -0.331. The zero-order valence-electron chi connectivity index (χ0n) is 10.4. The maximum atomic E-state index is 12.3. The van der Waals surface area contributed by atoms with E-state index in [9.17, 15) is 9.59 Å². The highest BCUT2D eigenvalue weighted by atomic mass is 16.5. The number of hydrogen-bond acceptors (Lipinski definition) is 3. The number of ether oxygens (including phenoxy) is 1. The molecule has 2 aliphatic rings. The molecule has 3 amide bonds. The van der Waals surface area contributed by atoms with E-state index >= 15 is 0 Å². The molecule has 2 rings (SSSR count). The van der Waals surface area contributed by atoms with Crippen molar-refractivity contribution < 1.29 is 14.3 Å². The van der Waals surface area contributed by atoms with Gasteiger partial charge in [0, 0.05) is 13.2 Å². The summed E-state index contributed by atoms with van der Waals surface area (Å²) in [6.45, 7) is 5.77. The molecule has 0 aromatic rings. The lowest BCUT2D eigenvalue weighted by Gasteiger charge is -2.35. The third kappa shape index (κ3) is 2.60. The van der Waals surface area contributed by atoms with Gasteiger partial charge in [0.1, 0.15) is 0 Å². The van der Waals surface area contributed by atoms with Gasteiger partial charge in [0.05, 0.1) is 18.6 Å². The third-order valence-electron chi connectivity index (χ3n) is 3.33. The average Bonchev–Trinajstić information content (AvgIpc) is 2.75. The van der Waals surface area contributed by atoms with Crippen LogP contribution in [0.3, 0.4) is 0 Å². The Balaban J connectivity index is 2.06. The summed E-state index contributed by atoms with van der Waals surface area (Å²) in [7, 11) is 0. The highest BCUT2D eigenvalue weighted by Gasteiger charge is 2.39. The highest BCUT2D eigenvalue weighted by Crippen LogP contribution is 2.22. The summed E-state index contributed by atoms with van der Waals surface area (Å²) in [5, 5.41) is 2.81. The van der Waals surface area contributed by atoms with Crippen LogP contribution in [0, 0.1) is 11.8 Å². The quantitative estimate of drug-likeness (QED) is 0.800. The van der Waals surface area contributed by atoms with Gasteiger partial charge in [-0.2, -0.15) is 0 Å². The molecule has 96 valence electrons. The number of carbonyl (C=O) groups excluding carboxylic acids is 2. The SMILES string of the molecule is CC(C)CC1CNC(=O)N(C2CCOC2)C1=O. The van der Waals surface area contributed by atoms with Crippen molar-refractivity contribution in [3.63, 3.8) is 0 Å². The van der Waals surface area contributed by atoms with Crippen LogP contribution in [-0.4, -0.2) is 42.6 Å². The number of rotatable bonds is 3. The van der Waals surface area contributed by atoms with E-state index in [1.165, 1.54) is 4.90 Å². The molecule has 2 atom stereocenters. The second-order valence-electron chi connectivity index (χ2n) is 5.24. The van der Waals surface area contributed by atoms with Crippen molar-refractivity contribution in [2.45, 2.75) is 32.7 Å². The lowest BCUT2D eigenvalue weighted by atomic mass is 9.94. The highest BCUT2D eigenvalue weighted by molar-refractivity contribution is 5.98. The zero-order chi connectivity index (χ0) is 12.4. The van der Waals surface area contributed by atoms with Crippen molar-refractivity contribution in [2.75, 3.05) is 19.8 Å². The molecule has 0 spiro atoms. The molecule has 0 aliphatic carbocycles. The molecule has 2 unspecified atom stereocenters. The van der Waals surface area contributed by atoms with Gasteiger partial charge in [0.15, 0.2) is 0 Å². The standard InChI is InChI=1S/C12H20N2O3/c1-8(2)5-9-6-13-12(16)14(11(9)15)10-3-4-17-7-10/h8-10H,3-7H2,1-2H3,(H,13,16). The Morgan fingerprint density at radius 1 is 1.47 bits per heavy atom. The summed E-state index contributed by atoms with van der Waals surface area (Å²) >= 11 is 0. The van der Waals surface area contributed by atoms with Gasteiger partial charge in [-0.3, -0.25) is 9.69 Å². The van der Waals surface area contributed by atoms with Crippen LogP contribution >= 0.6 is 0 Å². The fraction of sp³-hybridized carbons (Fsp3) is 0.833. The average molecular weight is 240 g/mol. The number of carbonyl (C=O) groups is 2. The minimum Gasteiger partial charge on any atom is -0.379 e. The summed E-state index contributed by atoms with van der Waals surface area (Å²) in [5.41, 5.74) is 0. The van der Waals surface area contributed by atoms with Crippen molar-refractivity contribution in [1.82, 2.24) is 10.2 Å². The molecule has 5 heteroatoms. The number of urea groups is 1. The first-order chi connectivity index (χ1) is 8.09. The zero-order valence-corrected chi connectivity index (χ0v) is 10.4. The van der Waals surface area contributed by atoms with Gasteiger partial charge in [0.25, 0.3) is 0 Å². The first kappa shape index (κ1) is 12.4. The van der Waals surface area contributed by atoms with E-state index in [4.69, 9.17) is 4.74 Å². The maximum Gasteiger partial charge on any atom is 0.324 e. The Labute approximate surface area is 101 Å². The number of imide groups is 1. The van der Waals surface area contributed by atoms with Crippen molar-refractivity contribution in [2.24, 2.45) is 11.8 Å². The summed E-state index contributed by atoms with van der Waals surface area (Å²) in [5.74, 6) is 0.354. The van der Waals surface area contributed by atoms with E-state index in [0.29, 0.717) is 25.7 Å². The van der Waals surface area contributed by atoms with E-state index in [-0.39, 0.29) is 23.9 Å². The number of amides is 3. The molecular weight excluding hydrogens is 220 g/mol. The van der Waals surface area contributed by atoms with Crippen molar-refractivity contribution in [1.29, 1.82) is 0 Å². The smallest absolute Gasteiger partial charge is 0.324 e. The summed E-state index contributed by atoms with van der Waals surface area (Å²) in [4.78, 5) is 25.4. The van der Waals surface area contributed by atoms with Crippen LogP contribution in [0.5, 0.6) is 0 Å². The molecule has 2 heterocycles. The minimum absolute atomic E-state index is 0.0297. The second kappa shape index (κ2) is 5.04. The van der Waals surface area contributed by atoms with Crippen LogP contribution < -0.4 is 5.32 Å². The van der Waals surface area contributed by atoms with E-state index in [0.717, 1.165) is 12.8 Å². The molecule has 2 saturated heterocycles. The largest absolute Gasteiger partial charge is 0.379 e. The molecule has 0 radical (unpaired) electrons. The minimum atomic E-state index is -0.259. The van der Waals surface area contributed by atoms with Gasteiger partial charge < -0.3 is 10.1 Å². The van der Waals surface area contributed by atoms with Gasteiger partial charge >= 0.3 is 6.03 Å². The van der Waals surface area contributed by atoms with Crippen LogP contribution in [-0.2, 0) is 9.53 Å². The summed E-state index contributed by atoms with van der Waals surface area (Å²) in [6.07, 6.45) is 1.58. The fourth-order valence-corrected chi connectivity index (χ4v) is 2.50. The van der Waals surface area contributed by atoms with E-state index in [1.807, 2.05) is 0 Å². The molecule has 17 heavy (non-hydrogen) atoms. The van der Waals surface area contributed by atoms with Gasteiger partial charge in [-0.05, 0) is 18.8 Å². The topological polar surface area (TPSA) is 58.6 Å². The van der Waals surface area contributed by atoms with Gasteiger partial charge in [-0.1, -0.05) is 13.8 Å². The molecule has 2 aliphatic heterocycles. The monoisotopic (exact) mass is 240 g/mol. The molecule has 0 aromatic carbocycles. The Kier molecular flexibility index (Phi) is 3.66. The van der Waals surface area contributed by atoms with Crippen LogP contribution in [0.1, 0.15) is 26.7 Å². The normalized spacial score (nSPS) is 29.9. The van der Waals surface area contributed by atoms with Crippen LogP contribution in [0.15, 0.2) is 0 Å². The van der Waals surface area contributed by atoms with E-state index < -0.39 is 0 Å². The van der Waals surface area contributed by atoms with Crippen molar-refractivity contribution >= 4 is 11.9 Å². The molecule has 0 saturated carbocycles. The first-order valence-electron chi connectivity index (χ1n) is 6.28. The second-order valence-corrected chi connectivity index (χ2v) is 5.24. The van der Waals surface area contributed by atoms with Gasteiger partial charge in [-0.15, -0.1) is 0 Å². The Hall–Kier alpha value is -1.10. The molecule has 1 N–H and O–H groups in total. The fourth-order valence-electron chi connectivity index (χ4n) is 2.50. The van der Waals surface area contributed by atoms with Gasteiger partial charge in [-0.25, -0.2) is 4.79 Å².